The van der Waals surface area contributed by atoms with Crippen molar-refractivity contribution in [3.05, 3.63) is 18.0 Å². The van der Waals surface area contributed by atoms with Crippen molar-refractivity contribution in [2.45, 2.75) is 12.6 Å². The van der Waals surface area contributed by atoms with E-state index in [9.17, 15) is 9.59 Å². The number of hydrogen-bond acceptors (Lipinski definition) is 4. The number of aliphatic hydroxyl groups excluding tert-OH is 1. The smallest absolute Gasteiger partial charge is 0.328 e. The third-order valence-electron chi connectivity index (χ3n) is 2.14. The van der Waals surface area contributed by atoms with Crippen molar-refractivity contribution in [3.63, 3.8) is 0 Å². The molecule has 8 heteroatoms. The van der Waals surface area contributed by atoms with Crippen molar-refractivity contribution in [2.75, 3.05) is 6.61 Å². The molecule has 1 heterocycles. The van der Waals surface area contributed by atoms with Crippen LogP contribution in [-0.2, 0) is 18.4 Å². The third kappa shape index (κ3) is 3.76. The van der Waals surface area contributed by atoms with Crippen LogP contribution in [0.3, 0.4) is 0 Å². The summed E-state index contributed by atoms with van der Waals surface area (Å²) in [7, 11) is 1.72. The van der Waals surface area contributed by atoms with E-state index in [0.717, 1.165) is 5.69 Å². The molecule has 0 radical (unpaired) electrons. The topological polar surface area (TPSA) is 116 Å². The van der Waals surface area contributed by atoms with Gasteiger partial charge in [-0.2, -0.15) is 5.10 Å². The zero-order valence-corrected chi connectivity index (χ0v) is 9.25. The molecule has 0 saturated heterocycles. The van der Waals surface area contributed by atoms with Gasteiger partial charge in [0.1, 0.15) is 0 Å². The summed E-state index contributed by atoms with van der Waals surface area (Å²) < 4.78 is 1.58. The Labute approximate surface area is 97.2 Å². The second-order valence-electron chi connectivity index (χ2n) is 3.35. The van der Waals surface area contributed by atoms with Crippen LogP contribution < -0.4 is 10.6 Å². The first-order valence-electron chi connectivity index (χ1n) is 4.89. The molecule has 0 aromatic carbocycles. The van der Waals surface area contributed by atoms with Crippen LogP contribution in [0.5, 0.6) is 0 Å². The number of urea groups is 1. The summed E-state index contributed by atoms with van der Waals surface area (Å²) in [5, 5.41) is 25.8. The number of carboxylic acids is 1. The van der Waals surface area contributed by atoms with Gasteiger partial charge < -0.3 is 20.8 Å². The highest BCUT2D eigenvalue weighted by atomic mass is 16.4. The molecule has 2 amide bonds. The molecule has 1 aromatic rings. The lowest BCUT2D eigenvalue weighted by molar-refractivity contribution is -0.140. The Morgan fingerprint density at radius 2 is 2.29 bits per heavy atom. The molecule has 4 N–H and O–H groups in total. The summed E-state index contributed by atoms with van der Waals surface area (Å²) in [4.78, 5) is 21.8. The molecular weight excluding hydrogens is 228 g/mol. The summed E-state index contributed by atoms with van der Waals surface area (Å²) in [6.45, 7) is -0.436. The highest BCUT2D eigenvalue weighted by Crippen LogP contribution is 1.94. The minimum absolute atomic E-state index is 0.222. The van der Waals surface area contributed by atoms with E-state index < -0.39 is 24.6 Å². The van der Waals surface area contributed by atoms with E-state index in [1.165, 1.54) is 0 Å². The summed E-state index contributed by atoms with van der Waals surface area (Å²) >= 11 is 0. The zero-order valence-electron chi connectivity index (χ0n) is 9.25. The second-order valence-corrected chi connectivity index (χ2v) is 3.35. The van der Waals surface area contributed by atoms with Crippen LogP contribution in [0.25, 0.3) is 0 Å². The van der Waals surface area contributed by atoms with Crippen LogP contribution in [0.2, 0.25) is 0 Å². The van der Waals surface area contributed by atoms with Gasteiger partial charge in [0.25, 0.3) is 0 Å². The van der Waals surface area contributed by atoms with Gasteiger partial charge in [0.05, 0.1) is 18.8 Å². The highest BCUT2D eigenvalue weighted by Gasteiger charge is 2.18. The quantitative estimate of drug-likeness (QED) is 0.510. The minimum atomic E-state index is -1.30. The van der Waals surface area contributed by atoms with Crippen LogP contribution in [0.4, 0.5) is 4.79 Å². The Kier molecular flexibility index (Phi) is 4.46. The lowest BCUT2D eigenvalue weighted by Gasteiger charge is -2.12. The van der Waals surface area contributed by atoms with Gasteiger partial charge in [0.2, 0.25) is 0 Å². The molecule has 1 aromatic heterocycles. The lowest BCUT2D eigenvalue weighted by Crippen LogP contribution is -2.47. The van der Waals surface area contributed by atoms with Gasteiger partial charge >= 0.3 is 12.0 Å². The lowest BCUT2D eigenvalue weighted by atomic mass is 10.3. The monoisotopic (exact) mass is 242 g/mol. The Morgan fingerprint density at radius 1 is 1.59 bits per heavy atom. The van der Waals surface area contributed by atoms with Gasteiger partial charge in [-0.15, -0.1) is 0 Å². The predicted molar refractivity (Wildman–Crippen MR) is 57.1 cm³/mol. The maximum absolute atomic E-state index is 11.3. The molecule has 0 aliphatic heterocycles. The summed E-state index contributed by atoms with van der Waals surface area (Å²) in [5.41, 5.74) is 0.774. The number of amides is 2. The normalized spacial score (nSPS) is 11.9. The predicted octanol–water partition coefficient (Wildman–Crippen LogP) is -1.34. The molecule has 17 heavy (non-hydrogen) atoms. The van der Waals surface area contributed by atoms with Gasteiger partial charge in [-0.3, -0.25) is 4.68 Å². The van der Waals surface area contributed by atoms with Crippen LogP contribution in [-0.4, -0.2) is 44.6 Å². The number of aliphatic carboxylic acids is 1. The SMILES string of the molecule is Cn1nccc1CNC(=O)N[C@@H](CO)C(=O)O. The number of rotatable bonds is 5. The average Bonchev–Trinajstić information content (AvgIpc) is 2.68. The Hall–Kier alpha value is -2.09. The average molecular weight is 242 g/mol. The standard InChI is InChI=1S/C9H14N4O4/c1-13-6(2-3-11-13)4-10-9(17)12-7(5-14)8(15)16/h2-3,7,14H,4-5H2,1H3,(H,15,16)(H2,10,12,17)/t7-/m0/s1. The van der Waals surface area contributed by atoms with Crippen molar-refractivity contribution >= 4 is 12.0 Å². The molecule has 0 bridgehead atoms. The molecule has 0 spiro atoms. The first-order valence-corrected chi connectivity index (χ1v) is 4.89. The van der Waals surface area contributed by atoms with Gasteiger partial charge in [-0.1, -0.05) is 0 Å². The van der Waals surface area contributed by atoms with E-state index in [2.05, 4.69) is 15.7 Å². The van der Waals surface area contributed by atoms with E-state index in [0.29, 0.717) is 0 Å². The number of carbonyl (C=O) groups excluding carboxylic acids is 1. The van der Waals surface area contributed by atoms with Crippen LogP contribution in [0.15, 0.2) is 12.3 Å². The van der Waals surface area contributed by atoms with E-state index in [1.807, 2.05) is 0 Å². The first kappa shape index (κ1) is 13.0. The fourth-order valence-corrected chi connectivity index (χ4v) is 1.14. The van der Waals surface area contributed by atoms with E-state index in [4.69, 9.17) is 10.2 Å². The van der Waals surface area contributed by atoms with Crippen molar-refractivity contribution in [1.82, 2.24) is 20.4 Å². The fraction of sp³-hybridized carbons (Fsp3) is 0.444. The third-order valence-corrected chi connectivity index (χ3v) is 2.14. The van der Waals surface area contributed by atoms with Crippen molar-refractivity contribution in [2.24, 2.45) is 7.05 Å². The number of aromatic nitrogens is 2. The Balaban J connectivity index is 2.40. The number of aliphatic hydroxyl groups is 1. The molecule has 0 aliphatic rings. The number of carboxylic acid groups (broad SMARTS) is 1. The largest absolute Gasteiger partial charge is 0.480 e. The van der Waals surface area contributed by atoms with Gasteiger partial charge in [-0.25, -0.2) is 9.59 Å². The molecule has 94 valence electrons. The minimum Gasteiger partial charge on any atom is -0.480 e. The number of nitrogens with one attached hydrogen (secondary N) is 2. The van der Waals surface area contributed by atoms with Gasteiger partial charge in [0.15, 0.2) is 6.04 Å². The second kappa shape index (κ2) is 5.85. The number of nitrogens with zero attached hydrogens (tertiary/aromatic N) is 2. The van der Waals surface area contributed by atoms with E-state index in [-0.39, 0.29) is 6.54 Å². The molecule has 0 unspecified atom stereocenters. The summed E-state index contributed by atoms with van der Waals surface area (Å²) in [6, 6.07) is -0.240. The van der Waals surface area contributed by atoms with E-state index in [1.54, 1.807) is 24.0 Å². The van der Waals surface area contributed by atoms with Crippen molar-refractivity contribution in [1.29, 1.82) is 0 Å². The fourth-order valence-electron chi connectivity index (χ4n) is 1.14. The maximum Gasteiger partial charge on any atom is 0.328 e. The van der Waals surface area contributed by atoms with Crippen LogP contribution in [0, 0.1) is 0 Å². The first-order chi connectivity index (χ1) is 8.04. The molecule has 1 atom stereocenters. The maximum atomic E-state index is 11.3. The zero-order chi connectivity index (χ0) is 12.8. The van der Waals surface area contributed by atoms with Gasteiger partial charge in [-0.05, 0) is 6.07 Å². The Bertz CT molecular complexity index is 403. The molecule has 0 fully saturated rings. The van der Waals surface area contributed by atoms with Crippen LogP contribution >= 0.6 is 0 Å². The molecular formula is C9H14N4O4. The van der Waals surface area contributed by atoms with E-state index >= 15 is 0 Å². The number of aryl methyl sites for hydroxylation is 1. The summed E-state index contributed by atoms with van der Waals surface area (Å²) in [5.74, 6) is -1.29. The highest BCUT2D eigenvalue weighted by molar-refractivity contribution is 5.82. The molecule has 0 saturated carbocycles. The number of carbonyl (C=O) groups is 2. The molecule has 0 aliphatic carbocycles. The van der Waals surface area contributed by atoms with Crippen LogP contribution in [0.1, 0.15) is 5.69 Å². The molecule has 8 nitrogen and oxygen atoms in total. The van der Waals surface area contributed by atoms with Crippen molar-refractivity contribution < 1.29 is 19.8 Å². The summed E-state index contributed by atoms with van der Waals surface area (Å²) in [6.07, 6.45) is 1.59. The molecule has 1 rings (SSSR count). The number of hydrogen-bond donors (Lipinski definition) is 4. The van der Waals surface area contributed by atoms with Crippen molar-refractivity contribution in [3.8, 4) is 0 Å². The Morgan fingerprint density at radius 3 is 2.76 bits per heavy atom. The van der Waals surface area contributed by atoms with Gasteiger partial charge in [0, 0.05) is 13.2 Å².